The van der Waals surface area contributed by atoms with E-state index in [1.165, 1.54) is 0 Å². The molecule has 1 fully saturated rings. The van der Waals surface area contributed by atoms with Gasteiger partial charge >= 0.3 is 0 Å². The summed E-state index contributed by atoms with van der Waals surface area (Å²) in [6.45, 7) is 6.93. The summed E-state index contributed by atoms with van der Waals surface area (Å²) >= 11 is 1.97. The van der Waals surface area contributed by atoms with Crippen LogP contribution in [0.2, 0.25) is 0 Å². The molecule has 0 unspecified atom stereocenters. The zero-order valence-corrected chi connectivity index (χ0v) is 16.9. The Kier molecular flexibility index (Phi) is 8.24. The third-order valence-corrected chi connectivity index (χ3v) is 4.68. The molecule has 1 amide bonds. The van der Waals surface area contributed by atoms with E-state index >= 15 is 0 Å². The van der Waals surface area contributed by atoms with Gasteiger partial charge in [-0.1, -0.05) is 0 Å². The number of hydrogen-bond donors (Lipinski definition) is 2. The number of halogens is 1. The minimum absolute atomic E-state index is 0. The van der Waals surface area contributed by atoms with Crippen LogP contribution in [0, 0.1) is 0 Å². The van der Waals surface area contributed by atoms with Gasteiger partial charge in [0.1, 0.15) is 5.76 Å². The molecule has 0 bridgehead atoms. The number of carbonyl (C=O) groups is 1. The van der Waals surface area contributed by atoms with Crippen molar-refractivity contribution in [3.05, 3.63) is 24.2 Å². The van der Waals surface area contributed by atoms with Crippen molar-refractivity contribution in [2.45, 2.75) is 25.1 Å². The Hall–Kier alpha value is -0.900. The van der Waals surface area contributed by atoms with Crippen LogP contribution >= 0.6 is 35.7 Å². The Bertz CT molecular complexity index is 520. The second-order valence-corrected chi connectivity index (χ2v) is 7.59. The van der Waals surface area contributed by atoms with Crippen LogP contribution in [-0.4, -0.2) is 53.9 Å². The van der Waals surface area contributed by atoms with Gasteiger partial charge < -0.3 is 20.0 Å². The van der Waals surface area contributed by atoms with E-state index in [0.29, 0.717) is 6.54 Å². The van der Waals surface area contributed by atoms with Gasteiger partial charge in [0.05, 0.1) is 19.4 Å². The molecule has 8 heteroatoms. The number of guanidine groups is 1. The van der Waals surface area contributed by atoms with Crippen molar-refractivity contribution < 1.29 is 9.21 Å². The fourth-order valence-electron chi connectivity index (χ4n) is 2.35. The molecule has 2 heterocycles. The van der Waals surface area contributed by atoms with E-state index in [4.69, 9.17) is 4.42 Å². The molecule has 2 N–H and O–H groups in total. The second kappa shape index (κ2) is 9.41. The van der Waals surface area contributed by atoms with Gasteiger partial charge in [0.2, 0.25) is 5.91 Å². The van der Waals surface area contributed by atoms with Crippen LogP contribution in [0.3, 0.4) is 0 Å². The first-order valence-electron chi connectivity index (χ1n) is 7.39. The van der Waals surface area contributed by atoms with Crippen molar-refractivity contribution in [3.8, 4) is 0 Å². The topological polar surface area (TPSA) is 69.9 Å². The summed E-state index contributed by atoms with van der Waals surface area (Å²) in [4.78, 5) is 18.4. The Morgan fingerprint density at radius 2 is 2.26 bits per heavy atom. The van der Waals surface area contributed by atoms with E-state index in [9.17, 15) is 4.79 Å². The average Bonchev–Trinajstić information content (AvgIpc) is 2.98. The number of rotatable bonds is 4. The van der Waals surface area contributed by atoms with Crippen LogP contribution in [0.15, 0.2) is 27.8 Å². The smallest absolute Gasteiger partial charge is 0.239 e. The Labute approximate surface area is 158 Å². The van der Waals surface area contributed by atoms with Crippen molar-refractivity contribution in [2.75, 3.05) is 32.4 Å². The van der Waals surface area contributed by atoms with Gasteiger partial charge in [-0.05, 0) is 26.0 Å². The van der Waals surface area contributed by atoms with Crippen molar-refractivity contribution in [1.82, 2.24) is 15.5 Å². The first kappa shape index (κ1) is 20.1. The lowest BCUT2D eigenvalue weighted by Crippen LogP contribution is -2.52. The van der Waals surface area contributed by atoms with E-state index < -0.39 is 0 Å². The second-order valence-electron chi connectivity index (χ2n) is 5.79. The van der Waals surface area contributed by atoms with Crippen LogP contribution in [0.25, 0.3) is 0 Å². The molecule has 23 heavy (non-hydrogen) atoms. The van der Waals surface area contributed by atoms with Crippen LogP contribution in [0.4, 0.5) is 0 Å². The molecular weight excluding hydrogens is 427 g/mol. The summed E-state index contributed by atoms with van der Waals surface area (Å²) in [6.07, 6.45) is 1.59. The van der Waals surface area contributed by atoms with Crippen molar-refractivity contribution in [1.29, 1.82) is 0 Å². The molecule has 1 saturated heterocycles. The number of hydrogen-bond acceptors (Lipinski definition) is 4. The van der Waals surface area contributed by atoms with E-state index in [1.807, 2.05) is 17.8 Å². The summed E-state index contributed by atoms with van der Waals surface area (Å²) in [5.41, 5.74) is 0. The summed E-state index contributed by atoms with van der Waals surface area (Å²) in [7, 11) is 1.75. The average molecular weight is 452 g/mol. The van der Waals surface area contributed by atoms with Crippen molar-refractivity contribution in [2.24, 2.45) is 4.99 Å². The molecule has 0 saturated carbocycles. The minimum Gasteiger partial charge on any atom is -0.467 e. The van der Waals surface area contributed by atoms with Gasteiger partial charge in [0.15, 0.2) is 5.96 Å². The predicted molar refractivity (Wildman–Crippen MR) is 105 cm³/mol. The highest BCUT2D eigenvalue weighted by Crippen LogP contribution is 2.29. The monoisotopic (exact) mass is 452 g/mol. The zero-order valence-electron chi connectivity index (χ0n) is 13.8. The van der Waals surface area contributed by atoms with E-state index in [2.05, 4.69) is 34.4 Å². The normalized spacial score (nSPS) is 17.3. The molecule has 0 radical (unpaired) electrons. The molecule has 0 spiro atoms. The van der Waals surface area contributed by atoms with E-state index in [-0.39, 0.29) is 41.2 Å². The summed E-state index contributed by atoms with van der Waals surface area (Å²) in [5.74, 6) is 2.51. The maximum atomic E-state index is 11.9. The van der Waals surface area contributed by atoms with Crippen molar-refractivity contribution in [3.63, 3.8) is 0 Å². The Balaban J connectivity index is 0.00000264. The largest absolute Gasteiger partial charge is 0.467 e. The van der Waals surface area contributed by atoms with Crippen LogP contribution in [0.1, 0.15) is 19.6 Å². The highest BCUT2D eigenvalue weighted by Gasteiger charge is 2.28. The number of amides is 1. The minimum atomic E-state index is -0.0804. The standard InChI is InChI=1S/C15H24N4O2S.HI/c1-15(2)11-19(6-8-22-15)14(16-3)18-10-13(20)17-9-12-5-4-7-21-12;/h4-5,7H,6,8-11H2,1-3H3,(H,16,18)(H,17,20);1H. The molecule has 0 atom stereocenters. The number of furan rings is 1. The molecule has 1 aromatic heterocycles. The third-order valence-electron chi connectivity index (χ3n) is 3.38. The van der Waals surface area contributed by atoms with Gasteiger partial charge in [-0.15, -0.1) is 24.0 Å². The molecule has 6 nitrogen and oxygen atoms in total. The van der Waals surface area contributed by atoms with Gasteiger partial charge in [0.25, 0.3) is 0 Å². The lowest BCUT2D eigenvalue weighted by atomic mass is 10.2. The van der Waals surface area contributed by atoms with Gasteiger partial charge in [-0.25, -0.2) is 0 Å². The Morgan fingerprint density at radius 3 is 2.87 bits per heavy atom. The number of carbonyl (C=O) groups excluding carboxylic acids is 1. The van der Waals surface area contributed by atoms with Gasteiger partial charge in [-0.3, -0.25) is 9.79 Å². The maximum absolute atomic E-state index is 11.9. The molecule has 0 aromatic carbocycles. The first-order chi connectivity index (χ1) is 10.5. The molecule has 1 aromatic rings. The Morgan fingerprint density at radius 1 is 1.48 bits per heavy atom. The molecular formula is C15H25IN4O2S. The van der Waals surface area contributed by atoms with E-state index in [0.717, 1.165) is 30.6 Å². The number of nitrogens with zero attached hydrogens (tertiary/aromatic N) is 2. The predicted octanol–water partition coefficient (Wildman–Crippen LogP) is 1.92. The fraction of sp³-hybridized carbons (Fsp3) is 0.600. The third kappa shape index (κ3) is 6.62. The van der Waals surface area contributed by atoms with Crippen LogP contribution in [-0.2, 0) is 11.3 Å². The number of nitrogens with one attached hydrogen (secondary N) is 2. The summed E-state index contributed by atoms with van der Waals surface area (Å²) in [6, 6.07) is 3.64. The lowest BCUT2D eigenvalue weighted by Gasteiger charge is -2.39. The number of thioether (sulfide) groups is 1. The van der Waals surface area contributed by atoms with Crippen molar-refractivity contribution >= 4 is 47.6 Å². The molecule has 130 valence electrons. The maximum Gasteiger partial charge on any atom is 0.239 e. The molecule has 2 rings (SSSR count). The van der Waals surface area contributed by atoms with Crippen LogP contribution in [0.5, 0.6) is 0 Å². The summed E-state index contributed by atoms with van der Waals surface area (Å²) in [5, 5.41) is 5.94. The van der Waals surface area contributed by atoms with Crippen LogP contribution < -0.4 is 10.6 Å². The lowest BCUT2D eigenvalue weighted by molar-refractivity contribution is -0.120. The molecule has 1 aliphatic heterocycles. The van der Waals surface area contributed by atoms with Gasteiger partial charge in [0, 0.05) is 30.6 Å². The number of aliphatic imine (C=N–C) groups is 1. The fourth-order valence-corrected chi connectivity index (χ4v) is 3.46. The highest BCUT2D eigenvalue weighted by atomic mass is 127. The van der Waals surface area contributed by atoms with Gasteiger partial charge in [-0.2, -0.15) is 11.8 Å². The molecule has 0 aliphatic carbocycles. The molecule has 1 aliphatic rings. The SMILES string of the molecule is CN=C(NCC(=O)NCc1ccco1)N1CCSC(C)(C)C1.I. The quantitative estimate of drug-likeness (QED) is 0.415. The summed E-state index contributed by atoms with van der Waals surface area (Å²) < 4.78 is 5.39. The highest BCUT2D eigenvalue weighted by molar-refractivity contribution is 14.0. The first-order valence-corrected chi connectivity index (χ1v) is 8.37. The van der Waals surface area contributed by atoms with E-state index in [1.54, 1.807) is 19.4 Å². The zero-order chi connectivity index (χ0) is 16.0.